The van der Waals surface area contributed by atoms with Crippen molar-refractivity contribution in [2.75, 3.05) is 18.5 Å². The van der Waals surface area contributed by atoms with Gasteiger partial charge in [0.25, 0.3) is 0 Å². The number of carbonyl (C=O) groups excluding carboxylic acids is 1. The van der Waals surface area contributed by atoms with Gasteiger partial charge in [-0.2, -0.15) is 13.2 Å². The number of anilines is 1. The normalized spacial score (nSPS) is 22.9. The number of rotatable bonds is 2. The maximum Gasteiger partial charge on any atom is 0.416 e. The topological polar surface area (TPSA) is 64.4 Å². The summed E-state index contributed by atoms with van der Waals surface area (Å²) in [5.41, 5.74) is 2.79. The number of carbonyl (C=O) groups is 1. The molecule has 4 nitrogen and oxygen atoms in total. The summed E-state index contributed by atoms with van der Waals surface area (Å²) in [6, 6.07) is 1.78. The van der Waals surface area contributed by atoms with Crippen molar-refractivity contribution in [2.45, 2.75) is 18.1 Å². The second-order valence-electron chi connectivity index (χ2n) is 4.61. The molecule has 1 aliphatic heterocycles. The number of nitrogens with two attached hydrogens (primary N) is 1. The minimum atomic E-state index is -4.62. The molecular weight excluding hydrogens is 280 g/mol. The van der Waals surface area contributed by atoms with E-state index in [0.29, 0.717) is 18.2 Å². The van der Waals surface area contributed by atoms with E-state index >= 15 is 0 Å². The molecule has 2 rings (SSSR count). The van der Waals surface area contributed by atoms with Gasteiger partial charge < -0.3 is 15.8 Å². The molecule has 1 saturated heterocycles. The van der Waals surface area contributed by atoms with Gasteiger partial charge in [0.15, 0.2) is 0 Å². The molecule has 3 N–H and O–H groups in total. The lowest BCUT2D eigenvalue weighted by molar-refractivity contribution is -0.137. The standard InChI is InChI=1S/C12H12F4N2O2/c13-8-2-1-7(12(14,15)16)5-9(8)18-10(19)11(17)3-4-20-6-11/h1-2,5H,3-4,6,17H2,(H,18,19). The summed E-state index contributed by atoms with van der Waals surface area (Å²) >= 11 is 0. The average molecular weight is 292 g/mol. The van der Waals surface area contributed by atoms with E-state index in [0.717, 1.165) is 0 Å². The highest BCUT2D eigenvalue weighted by Gasteiger charge is 2.39. The van der Waals surface area contributed by atoms with Crippen molar-refractivity contribution < 1.29 is 27.1 Å². The second kappa shape index (κ2) is 5.02. The van der Waals surface area contributed by atoms with Crippen LogP contribution in [-0.4, -0.2) is 24.7 Å². The first kappa shape index (κ1) is 14.7. The number of nitrogens with one attached hydrogen (secondary N) is 1. The molecule has 1 heterocycles. The summed E-state index contributed by atoms with van der Waals surface area (Å²) in [5.74, 6) is -1.73. The third kappa shape index (κ3) is 2.91. The predicted octanol–water partition coefficient (Wildman–Crippen LogP) is 1.90. The Bertz CT molecular complexity index is 525. The Morgan fingerprint density at radius 2 is 2.10 bits per heavy atom. The summed E-state index contributed by atoms with van der Waals surface area (Å²) in [7, 11) is 0. The summed E-state index contributed by atoms with van der Waals surface area (Å²) < 4.78 is 56.0. The van der Waals surface area contributed by atoms with Gasteiger partial charge in [-0.1, -0.05) is 0 Å². The average Bonchev–Trinajstić information content (AvgIpc) is 2.79. The molecular formula is C12H12F4N2O2. The van der Waals surface area contributed by atoms with E-state index < -0.39 is 34.7 Å². The van der Waals surface area contributed by atoms with E-state index in [2.05, 4.69) is 5.32 Å². The third-order valence-corrected chi connectivity index (χ3v) is 3.05. The first-order chi connectivity index (χ1) is 9.22. The molecule has 0 aromatic heterocycles. The monoisotopic (exact) mass is 292 g/mol. The third-order valence-electron chi connectivity index (χ3n) is 3.05. The van der Waals surface area contributed by atoms with E-state index in [1.807, 2.05) is 0 Å². The van der Waals surface area contributed by atoms with Gasteiger partial charge in [-0.15, -0.1) is 0 Å². The van der Waals surface area contributed by atoms with Crippen molar-refractivity contribution in [1.29, 1.82) is 0 Å². The Labute approximate surface area is 111 Å². The molecule has 1 unspecified atom stereocenters. The summed E-state index contributed by atoms with van der Waals surface area (Å²) in [6.45, 7) is 0.217. The first-order valence-electron chi connectivity index (χ1n) is 5.77. The van der Waals surface area contributed by atoms with Crippen molar-refractivity contribution in [1.82, 2.24) is 0 Å². The lowest BCUT2D eigenvalue weighted by Gasteiger charge is -2.21. The molecule has 0 saturated carbocycles. The van der Waals surface area contributed by atoms with Crippen molar-refractivity contribution in [3.8, 4) is 0 Å². The highest BCUT2D eigenvalue weighted by Crippen LogP contribution is 2.32. The SMILES string of the molecule is NC1(C(=O)Nc2cc(C(F)(F)F)ccc2F)CCOC1. The van der Waals surface area contributed by atoms with Gasteiger partial charge in [-0.05, 0) is 24.6 Å². The Balaban J connectivity index is 2.22. The molecule has 1 amide bonds. The minimum absolute atomic E-state index is 0.0561. The van der Waals surface area contributed by atoms with Crippen molar-refractivity contribution in [3.05, 3.63) is 29.6 Å². The molecule has 1 aromatic carbocycles. The van der Waals surface area contributed by atoms with E-state index in [-0.39, 0.29) is 19.6 Å². The lowest BCUT2D eigenvalue weighted by Crippen LogP contribution is -2.51. The van der Waals surface area contributed by atoms with Crippen LogP contribution in [0.1, 0.15) is 12.0 Å². The van der Waals surface area contributed by atoms with Gasteiger partial charge in [-0.25, -0.2) is 4.39 Å². The number of halogens is 4. The zero-order valence-corrected chi connectivity index (χ0v) is 10.3. The molecule has 1 aromatic rings. The summed E-state index contributed by atoms with van der Waals surface area (Å²) in [4.78, 5) is 11.9. The summed E-state index contributed by atoms with van der Waals surface area (Å²) in [6.07, 6.45) is -4.40. The predicted molar refractivity (Wildman–Crippen MR) is 62.4 cm³/mol. The smallest absolute Gasteiger partial charge is 0.379 e. The van der Waals surface area contributed by atoms with Crippen molar-refractivity contribution >= 4 is 11.6 Å². The molecule has 0 bridgehead atoms. The zero-order valence-electron chi connectivity index (χ0n) is 10.3. The van der Waals surface area contributed by atoms with Crippen molar-refractivity contribution in [2.24, 2.45) is 5.73 Å². The van der Waals surface area contributed by atoms with Gasteiger partial charge in [0.05, 0.1) is 17.9 Å². The molecule has 1 fully saturated rings. The van der Waals surface area contributed by atoms with Gasteiger partial charge in [0, 0.05) is 6.61 Å². The molecule has 110 valence electrons. The number of hydrogen-bond donors (Lipinski definition) is 2. The first-order valence-corrected chi connectivity index (χ1v) is 5.77. The van der Waals surface area contributed by atoms with Crippen LogP contribution in [0.15, 0.2) is 18.2 Å². The largest absolute Gasteiger partial charge is 0.416 e. The van der Waals surface area contributed by atoms with Crippen LogP contribution in [0.4, 0.5) is 23.2 Å². The molecule has 0 aliphatic carbocycles. The van der Waals surface area contributed by atoms with Crippen LogP contribution in [-0.2, 0) is 15.7 Å². The number of alkyl halides is 3. The molecule has 20 heavy (non-hydrogen) atoms. The fraction of sp³-hybridized carbons (Fsp3) is 0.417. The van der Waals surface area contributed by atoms with Gasteiger partial charge in [0.1, 0.15) is 11.4 Å². The number of amides is 1. The summed E-state index contributed by atoms with van der Waals surface area (Å²) in [5, 5.41) is 2.09. The van der Waals surface area contributed by atoms with Crippen LogP contribution in [0.2, 0.25) is 0 Å². The van der Waals surface area contributed by atoms with Crippen LogP contribution in [0.25, 0.3) is 0 Å². The van der Waals surface area contributed by atoms with Gasteiger partial charge in [-0.3, -0.25) is 4.79 Å². The van der Waals surface area contributed by atoms with E-state index in [1.54, 1.807) is 0 Å². The Hall–Kier alpha value is -1.67. The van der Waals surface area contributed by atoms with E-state index in [9.17, 15) is 22.4 Å². The fourth-order valence-corrected chi connectivity index (χ4v) is 1.80. The quantitative estimate of drug-likeness (QED) is 0.818. The van der Waals surface area contributed by atoms with Gasteiger partial charge >= 0.3 is 6.18 Å². The van der Waals surface area contributed by atoms with Crippen LogP contribution >= 0.6 is 0 Å². The highest BCUT2D eigenvalue weighted by molar-refractivity contribution is 5.98. The van der Waals surface area contributed by atoms with E-state index in [4.69, 9.17) is 10.5 Å². The molecule has 1 aliphatic rings. The van der Waals surface area contributed by atoms with Crippen LogP contribution in [0.3, 0.4) is 0 Å². The molecule has 0 radical (unpaired) electrons. The Kier molecular flexibility index (Phi) is 3.70. The number of benzene rings is 1. The van der Waals surface area contributed by atoms with Gasteiger partial charge in [0.2, 0.25) is 5.91 Å². The maximum absolute atomic E-state index is 13.5. The van der Waals surface area contributed by atoms with Crippen molar-refractivity contribution in [3.63, 3.8) is 0 Å². The molecule has 1 atom stereocenters. The molecule has 0 spiro atoms. The van der Waals surface area contributed by atoms with Crippen LogP contribution < -0.4 is 11.1 Å². The van der Waals surface area contributed by atoms with E-state index in [1.165, 1.54) is 0 Å². The van der Waals surface area contributed by atoms with Crippen LogP contribution in [0.5, 0.6) is 0 Å². The number of ether oxygens (including phenoxy) is 1. The lowest BCUT2D eigenvalue weighted by atomic mass is 9.99. The highest BCUT2D eigenvalue weighted by atomic mass is 19.4. The van der Waals surface area contributed by atoms with Crippen LogP contribution in [0, 0.1) is 5.82 Å². The fourth-order valence-electron chi connectivity index (χ4n) is 1.80. The number of hydrogen-bond acceptors (Lipinski definition) is 3. The maximum atomic E-state index is 13.5. The zero-order chi connectivity index (χ0) is 15.0. The second-order valence-corrected chi connectivity index (χ2v) is 4.61. The Morgan fingerprint density at radius 3 is 2.65 bits per heavy atom. The minimum Gasteiger partial charge on any atom is -0.379 e. The Morgan fingerprint density at radius 1 is 1.40 bits per heavy atom. The molecule has 8 heteroatoms.